The fourth-order valence-corrected chi connectivity index (χ4v) is 1.97. The Balaban J connectivity index is 2.29. The summed E-state index contributed by atoms with van der Waals surface area (Å²) in [7, 11) is 0. The second-order valence-electron chi connectivity index (χ2n) is 3.89. The minimum atomic E-state index is -0.0749. The van der Waals surface area contributed by atoms with Crippen LogP contribution in [0.3, 0.4) is 0 Å². The van der Waals surface area contributed by atoms with Crippen molar-refractivity contribution in [3.05, 3.63) is 27.4 Å². The molecule has 0 spiro atoms. The minimum absolute atomic E-state index is 0.0749. The minimum Gasteiger partial charge on any atom is -0.395 e. The number of aliphatic hydroxyl groups is 1. The van der Waals surface area contributed by atoms with Crippen LogP contribution < -0.4 is 11.3 Å². The number of β-amino-alcohol motifs (C(OH)–C–C–N with tert-alkyl or cyclic N) is 1. The maximum absolute atomic E-state index is 11.7. The van der Waals surface area contributed by atoms with Crippen LogP contribution in [0.4, 0.5) is 0 Å². The maximum Gasteiger partial charge on any atom is 0.254 e. The van der Waals surface area contributed by atoms with Gasteiger partial charge in [-0.25, -0.2) is 4.98 Å². The summed E-state index contributed by atoms with van der Waals surface area (Å²) in [6, 6.07) is 0. The molecule has 0 bridgehead atoms. The normalized spacial score (nSPS) is 16.1. The molecule has 0 saturated carbocycles. The molecule has 88 valence electrons. The van der Waals surface area contributed by atoms with E-state index in [1.165, 1.54) is 0 Å². The summed E-state index contributed by atoms with van der Waals surface area (Å²) in [6.07, 6.45) is 0.683. The molecule has 0 atom stereocenters. The lowest BCUT2D eigenvalue weighted by Crippen LogP contribution is -2.37. The first-order valence-corrected chi connectivity index (χ1v) is 5.39. The van der Waals surface area contributed by atoms with Crippen molar-refractivity contribution in [2.45, 2.75) is 19.5 Å². The van der Waals surface area contributed by atoms with Gasteiger partial charge in [0.05, 0.1) is 18.8 Å². The Labute approximate surface area is 93.1 Å². The zero-order valence-electron chi connectivity index (χ0n) is 9.07. The van der Waals surface area contributed by atoms with Gasteiger partial charge in [-0.15, -0.1) is 0 Å². The lowest BCUT2D eigenvalue weighted by molar-refractivity contribution is 0.182. The molecule has 1 aliphatic heterocycles. The summed E-state index contributed by atoms with van der Waals surface area (Å²) < 4.78 is 0. The Kier molecular flexibility index (Phi) is 3.33. The largest absolute Gasteiger partial charge is 0.395 e. The highest BCUT2D eigenvalue weighted by Crippen LogP contribution is 2.12. The van der Waals surface area contributed by atoms with Gasteiger partial charge >= 0.3 is 0 Å². The average molecular weight is 224 g/mol. The van der Waals surface area contributed by atoms with Crippen molar-refractivity contribution in [1.82, 2.24) is 14.9 Å². The van der Waals surface area contributed by atoms with Crippen molar-refractivity contribution < 1.29 is 5.11 Å². The zero-order chi connectivity index (χ0) is 11.5. The monoisotopic (exact) mass is 224 g/mol. The molecule has 2 heterocycles. The van der Waals surface area contributed by atoms with E-state index in [9.17, 15) is 4.79 Å². The molecule has 6 heteroatoms. The third kappa shape index (κ3) is 2.13. The van der Waals surface area contributed by atoms with Crippen LogP contribution >= 0.6 is 0 Å². The highest BCUT2D eigenvalue weighted by molar-refractivity contribution is 5.20. The fraction of sp³-hybridized carbons (Fsp3) is 0.600. The fourth-order valence-electron chi connectivity index (χ4n) is 1.97. The predicted molar refractivity (Wildman–Crippen MR) is 58.8 cm³/mol. The van der Waals surface area contributed by atoms with Crippen molar-refractivity contribution in [3.8, 4) is 0 Å². The van der Waals surface area contributed by atoms with Crippen LogP contribution in [0.15, 0.2) is 4.79 Å². The van der Waals surface area contributed by atoms with Crippen molar-refractivity contribution >= 4 is 0 Å². The van der Waals surface area contributed by atoms with E-state index in [0.717, 1.165) is 17.8 Å². The third-order valence-corrected chi connectivity index (χ3v) is 2.81. The van der Waals surface area contributed by atoms with Crippen LogP contribution in [0.1, 0.15) is 17.1 Å². The van der Waals surface area contributed by atoms with Crippen LogP contribution in [-0.4, -0.2) is 39.7 Å². The van der Waals surface area contributed by atoms with E-state index in [0.29, 0.717) is 25.3 Å². The summed E-state index contributed by atoms with van der Waals surface area (Å²) in [5, 5.41) is 8.87. The molecular weight excluding hydrogens is 208 g/mol. The standard InChI is InChI=1S/C10H16N4O2/c11-5-9-12-8-6-14(3-4-15)2-1-7(8)10(16)13-9/h15H,1-6,11H2,(H,12,13,16). The summed E-state index contributed by atoms with van der Waals surface area (Å²) in [5.41, 5.74) is 6.94. The molecule has 6 nitrogen and oxygen atoms in total. The molecule has 1 aromatic rings. The summed E-state index contributed by atoms with van der Waals surface area (Å²) in [5.74, 6) is 0.523. The van der Waals surface area contributed by atoms with E-state index in [1.54, 1.807) is 0 Å². The highest BCUT2D eigenvalue weighted by atomic mass is 16.3. The molecule has 1 aliphatic rings. The summed E-state index contributed by atoms with van der Waals surface area (Å²) in [6.45, 7) is 2.39. The Morgan fingerprint density at radius 2 is 2.38 bits per heavy atom. The number of rotatable bonds is 3. The van der Waals surface area contributed by atoms with E-state index in [-0.39, 0.29) is 18.7 Å². The lowest BCUT2D eigenvalue weighted by atomic mass is 10.1. The Hall–Kier alpha value is -1.24. The second-order valence-corrected chi connectivity index (χ2v) is 3.89. The molecule has 0 unspecified atom stereocenters. The zero-order valence-corrected chi connectivity index (χ0v) is 9.07. The van der Waals surface area contributed by atoms with Crippen LogP contribution in [0.5, 0.6) is 0 Å². The Morgan fingerprint density at radius 1 is 1.56 bits per heavy atom. The van der Waals surface area contributed by atoms with Crippen LogP contribution in [0.2, 0.25) is 0 Å². The molecule has 16 heavy (non-hydrogen) atoms. The SMILES string of the molecule is NCc1nc2c(c(=O)[nH]1)CCN(CCO)C2. The number of nitrogens with two attached hydrogens (primary N) is 1. The number of nitrogens with zero attached hydrogens (tertiary/aromatic N) is 2. The van der Waals surface area contributed by atoms with Crippen molar-refractivity contribution in [2.75, 3.05) is 19.7 Å². The van der Waals surface area contributed by atoms with Gasteiger partial charge in [0.1, 0.15) is 5.82 Å². The van der Waals surface area contributed by atoms with E-state index in [1.807, 2.05) is 0 Å². The summed E-state index contributed by atoms with van der Waals surface area (Å²) in [4.78, 5) is 20.8. The number of nitrogens with one attached hydrogen (secondary N) is 1. The van der Waals surface area contributed by atoms with E-state index in [2.05, 4.69) is 14.9 Å². The number of aliphatic hydroxyl groups excluding tert-OH is 1. The predicted octanol–water partition coefficient (Wildman–Crippen LogP) is -1.42. The number of aromatic nitrogens is 2. The van der Waals surface area contributed by atoms with E-state index in [4.69, 9.17) is 10.8 Å². The van der Waals surface area contributed by atoms with Gasteiger partial charge in [0.15, 0.2) is 0 Å². The first-order chi connectivity index (χ1) is 7.74. The van der Waals surface area contributed by atoms with Gasteiger partial charge in [0, 0.05) is 25.2 Å². The average Bonchev–Trinajstić information content (AvgIpc) is 2.29. The first-order valence-electron chi connectivity index (χ1n) is 5.39. The molecule has 0 saturated heterocycles. The highest BCUT2D eigenvalue weighted by Gasteiger charge is 2.20. The third-order valence-electron chi connectivity index (χ3n) is 2.81. The number of H-pyrrole nitrogens is 1. The van der Waals surface area contributed by atoms with Crippen molar-refractivity contribution in [2.24, 2.45) is 5.73 Å². The molecule has 0 aromatic carbocycles. The number of hydrogen-bond donors (Lipinski definition) is 3. The molecule has 0 aliphatic carbocycles. The Morgan fingerprint density at radius 3 is 3.06 bits per heavy atom. The van der Waals surface area contributed by atoms with Gasteiger partial charge in [-0.2, -0.15) is 0 Å². The molecule has 0 fully saturated rings. The van der Waals surface area contributed by atoms with E-state index >= 15 is 0 Å². The molecule has 1 aromatic heterocycles. The molecular formula is C10H16N4O2. The van der Waals surface area contributed by atoms with Gasteiger partial charge < -0.3 is 15.8 Å². The van der Waals surface area contributed by atoms with Crippen LogP contribution in [0.25, 0.3) is 0 Å². The first kappa shape index (κ1) is 11.3. The topological polar surface area (TPSA) is 95.2 Å². The van der Waals surface area contributed by atoms with Gasteiger partial charge in [0.2, 0.25) is 0 Å². The van der Waals surface area contributed by atoms with Gasteiger partial charge in [0.25, 0.3) is 5.56 Å². The Bertz CT molecular complexity index is 429. The smallest absolute Gasteiger partial charge is 0.254 e. The number of aromatic amines is 1. The van der Waals surface area contributed by atoms with Crippen molar-refractivity contribution in [3.63, 3.8) is 0 Å². The molecule has 2 rings (SSSR count). The quantitative estimate of drug-likeness (QED) is 0.585. The lowest BCUT2D eigenvalue weighted by Gasteiger charge is -2.26. The molecule has 4 N–H and O–H groups in total. The number of fused-ring (bicyclic) bond motifs is 1. The summed E-state index contributed by atoms with van der Waals surface area (Å²) >= 11 is 0. The van der Waals surface area contributed by atoms with Gasteiger partial charge in [-0.1, -0.05) is 0 Å². The molecule has 0 radical (unpaired) electrons. The molecule has 0 amide bonds. The van der Waals surface area contributed by atoms with E-state index < -0.39 is 0 Å². The van der Waals surface area contributed by atoms with Crippen molar-refractivity contribution in [1.29, 1.82) is 0 Å². The number of hydrogen-bond acceptors (Lipinski definition) is 5. The van der Waals surface area contributed by atoms with Crippen LogP contribution in [0, 0.1) is 0 Å². The maximum atomic E-state index is 11.7. The van der Waals surface area contributed by atoms with Gasteiger partial charge in [-0.05, 0) is 6.42 Å². The van der Waals surface area contributed by atoms with Crippen LogP contribution in [-0.2, 0) is 19.5 Å². The second kappa shape index (κ2) is 4.73. The van der Waals surface area contributed by atoms with Gasteiger partial charge in [-0.3, -0.25) is 9.69 Å².